The molecule has 1 aromatic heterocycles. The summed E-state index contributed by atoms with van der Waals surface area (Å²) in [6, 6.07) is 10.8. The number of imide groups is 1. The van der Waals surface area contributed by atoms with Gasteiger partial charge in [-0.3, -0.25) is 19.5 Å². The molecule has 1 aromatic carbocycles. The molecule has 2 aromatic rings. The number of aromatic nitrogens is 1. The van der Waals surface area contributed by atoms with E-state index in [0.717, 1.165) is 32.0 Å². The number of fused-ring (bicyclic) bond motifs is 1. The minimum atomic E-state index is -0.255. The van der Waals surface area contributed by atoms with Gasteiger partial charge in [0.25, 0.3) is 11.8 Å². The van der Waals surface area contributed by atoms with Crippen molar-refractivity contribution < 1.29 is 14.3 Å². The maximum Gasteiger partial charge on any atom is 0.261 e. The molecule has 0 bridgehead atoms. The fourth-order valence-electron chi connectivity index (χ4n) is 3.06. The molecule has 122 valence electrons. The largest absolute Gasteiger partial charge is 0.378 e. The second-order valence-electron chi connectivity index (χ2n) is 5.85. The van der Waals surface area contributed by atoms with Crippen molar-refractivity contribution in [1.82, 2.24) is 9.88 Å². The summed E-state index contributed by atoms with van der Waals surface area (Å²) in [6.45, 7) is 3.32. The van der Waals surface area contributed by atoms with Crippen molar-refractivity contribution in [3.05, 3.63) is 59.4 Å². The lowest BCUT2D eigenvalue weighted by atomic mass is 10.1. The predicted octanol–water partition coefficient (Wildman–Crippen LogP) is 1.71. The molecular formula is C18H17N3O3. The normalized spacial score (nSPS) is 17.3. The first-order chi connectivity index (χ1) is 11.7. The first-order valence-corrected chi connectivity index (χ1v) is 7.97. The van der Waals surface area contributed by atoms with E-state index in [-0.39, 0.29) is 18.4 Å². The fourth-order valence-corrected chi connectivity index (χ4v) is 3.06. The van der Waals surface area contributed by atoms with Crippen LogP contribution < -0.4 is 4.90 Å². The third-order valence-electron chi connectivity index (χ3n) is 4.38. The number of ether oxygens (including phenoxy) is 1. The second-order valence-corrected chi connectivity index (χ2v) is 5.85. The van der Waals surface area contributed by atoms with Crippen LogP contribution in [0.1, 0.15) is 26.4 Å². The van der Waals surface area contributed by atoms with E-state index in [1.807, 2.05) is 12.1 Å². The SMILES string of the molecule is O=C1c2ccccc2C(=O)N1Cc1ccc(N2CCOCC2)cn1. The van der Waals surface area contributed by atoms with E-state index in [4.69, 9.17) is 4.74 Å². The van der Waals surface area contributed by atoms with Gasteiger partial charge in [0.2, 0.25) is 0 Å². The second kappa shape index (κ2) is 6.05. The topological polar surface area (TPSA) is 62.7 Å². The lowest BCUT2D eigenvalue weighted by Crippen LogP contribution is -2.36. The first kappa shape index (κ1) is 14.8. The molecule has 2 aliphatic heterocycles. The van der Waals surface area contributed by atoms with Crippen molar-refractivity contribution >= 4 is 17.5 Å². The Labute approximate surface area is 139 Å². The Hall–Kier alpha value is -2.73. The highest BCUT2D eigenvalue weighted by Gasteiger charge is 2.35. The maximum absolute atomic E-state index is 12.4. The van der Waals surface area contributed by atoms with Crippen molar-refractivity contribution in [1.29, 1.82) is 0 Å². The van der Waals surface area contributed by atoms with E-state index in [0.29, 0.717) is 16.8 Å². The minimum Gasteiger partial charge on any atom is -0.378 e. The standard InChI is InChI=1S/C18H17N3O3/c22-17-15-3-1-2-4-16(15)18(23)21(17)12-13-5-6-14(11-19-13)20-7-9-24-10-8-20/h1-6,11H,7-10,12H2. The molecular weight excluding hydrogens is 306 g/mol. The zero-order chi connectivity index (χ0) is 16.5. The molecule has 0 atom stereocenters. The van der Waals surface area contributed by atoms with Crippen LogP contribution in [-0.2, 0) is 11.3 Å². The van der Waals surface area contributed by atoms with Gasteiger partial charge in [-0.15, -0.1) is 0 Å². The summed E-state index contributed by atoms with van der Waals surface area (Å²) >= 11 is 0. The molecule has 24 heavy (non-hydrogen) atoms. The summed E-state index contributed by atoms with van der Waals surface area (Å²) < 4.78 is 5.34. The zero-order valence-electron chi connectivity index (χ0n) is 13.1. The lowest BCUT2D eigenvalue weighted by molar-refractivity contribution is 0.0640. The van der Waals surface area contributed by atoms with Crippen molar-refractivity contribution in [3.63, 3.8) is 0 Å². The molecule has 0 spiro atoms. The number of carbonyl (C=O) groups is 2. The monoisotopic (exact) mass is 323 g/mol. The van der Waals surface area contributed by atoms with Gasteiger partial charge in [0, 0.05) is 13.1 Å². The van der Waals surface area contributed by atoms with Crippen molar-refractivity contribution in [2.24, 2.45) is 0 Å². The van der Waals surface area contributed by atoms with E-state index < -0.39 is 0 Å². The molecule has 2 amide bonds. The van der Waals surface area contributed by atoms with E-state index in [2.05, 4.69) is 9.88 Å². The maximum atomic E-state index is 12.4. The van der Waals surface area contributed by atoms with Gasteiger partial charge in [-0.25, -0.2) is 0 Å². The smallest absolute Gasteiger partial charge is 0.261 e. The third kappa shape index (κ3) is 2.55. The number of anilines is 1. The quantitative estimate of drug-likeness (QED) is 0.805. The Kier molecular flexibility index (Phi) is 3.74. The molecule has 2 aliphatic rings. The Morgan fingerprint density at radius 3 is 2.21 bits per heavy atom. The van der Waals surface area contributed by atoms with Crippen LogP contribution in [0.2, 0.25) is 0 Å². The number of morpholine rings is 1. The molecule has 6 heteroatoms. The summed E-state index contributed by atoms with van der Waals surface area (Å²) in [6.07, 6.45) is 1.79. The summed E-state index contributed by atoms with van der Waals surface area (Å²) in [5.74, 6) is -0.510. The van der Waals surface area contributed by atoms with Crippen LogP contribution in [0.5, 0.6) is 0 Å². The molecule has 0 aliphatic carbocycles. The molecule has 4 rings (SSSR count). The van der Waals surface area contributed by atoms with Gasteiger partial charge in [0.1, 0.15) is 0 Å². The first-order valence-electron chi connectivity index (χ1n) is 7.97. The fraction of sp³-hybridized carbons (Fsp3) is 0.278. The van der Waals surface area contributed by atoms with Crippen molar-refractivity contribution in [3.8, 4) is 0 Å². The molecule has 0 radical (unpaired) electrons. The predicted molar refractivity (Wildman–Crippen MR) is 87.9 cm³/mol. The molecule has 0 unspecified atom stereocenters. The number of nitrogens with zero attached hydrogens (tertiary/aromatic N) is 3. The molecule has 0 N–H and O–H groups in total. The van der Waals surface area contributed by atoms with Gasteiger partial charge in [-0.2, -0.15) is 0 Å². The average molecular weight is 323 g/mol. The van der Waals surface area contributed by atoms with Gasteiger partial charge in [-0.05, 0) is 24.3 Å². The Morgan fingerprint density at radius 2 is 1.62 bits per heavy atom. The molecule has 0 saturated carbocycles. The van der Waals surface area contributed by atoms with Gasteiger partial charge in [0.05, 0.1) is 48.5 Å². The van der Waals surface area contributed by atoms with Crippen molar-refractivity contribution in [2.45, 2.75) is 6.54 Å². The van der Waals surface area contributed by atoms with E-state index >= 15 is 0 Å². The minimum absolute atomic E-state index is 0.190. The molecule has 1 saturated heterocycles. The van der Waals surface area contributed by atoms with Gasteiger partial charge < -0.3 is 9.64 Å². The third-order valence-corrected chi connectivity index (χ3v) is 4.38. The van der Waals surface area contributed by atoms with Gasteiger partial charge in [0.15, 0.2) is 0 Å². The van der Waals surface area contributed by atoms with E-state index in [1.54, 1.807) is 30.5 Å². The lowest BCUT2D eigenvalue weighted by Gasteiger charge is -2.28. The number of amides is 2. The molecule has 3 heterocycles. The van der Waals surface area contributed by atoms with Crippen molar-refractivity contribution in [2.75, 3.05) is 31.2 Å². The van der Waals surface area contributed by atoms with Crippen LogP contribution in [0.3, 0.4) is 0 Å². The van der Waals surface area contributed by atoms with Crippen LogP contribution >= 0.6 is 0 Å². The van der Waals surface area contributed by atoms with Crippen LogP contribution in [0, 0.1) is 0 Å². The zero-order valence-corrected chi connectivity index (χ0v) is 13.1. The number of hydrogen-bond donors (Lipinski definition) is 0. The van der Waals surface area contributed by atoms with E-state index in [1.165, 1.54) is 4.90 Å². The van der Waals surface area contributed by atoms with Crippen LogP contribution in [0.15, 0.2) is 42.6 Å². The number of hydrogen-bond acceptors (Lipinski definition) is 5. The Morgan fingerprint density at radius 1 is 0.958 bits per heavy atom. The summed E-state index contributed by atoms with van der Waals surface area (Å²) in [5, 5.41) is 0. The Bertz CT molecular complexity index is 747. The van der Waals surface area contributed by atoms with Crippen LogP contribution in [0.4, 0.5) is 5.69 Å². The number of rotatable bonds is 3. The molecule has 1 fully saturated rings. The van der Waals surface area contributed by atoms with E-state index in [9.17, 15) is 9.59 Å². The Balaban J connectivity index is 1.50. The van der Waals surface area contributed by atoms with Gasteiger partial charge >= 0.3 is 0 Å². The summed E-state index contributed by atoms with van der Waals surface area (Å²) in [7, 11) is 0. The number of benzene rings is 1. The highest BCUT2D eigenvalue weighted by molar-refractivity contribution is 6.21. The highest BCUT2D eigenvalue weighted by atomic mass is 16.5. The highest BCUT2D eigenvalue weighted by Crippen LogP contribution is 2.24. The summed E-state index contributed by atoms with van der Waals surface area (Å²) in [4.78, 5) is 32.6. The number of pyridine rings is 1. The van der Waals surface area contributed by atoms with Crippen LogP contribution in [0.25, 0.3) is 0 Å². The number of carbonyl (C=O) groups excluding carboxylic acids is 2. The van der Waals surface area contributed by atoms with Gasteiger partial charge in [-0.1, -0.05) is 12.1 Å². The summed E-state index contributed by atoms with van der Waals surface area (Å²) in [5.41, 5.74) is 2.66. The van der Waals surface area contributed by atoms with Crippen LogP contribution in [-0.4, -0.2) is 48.0 Å². The average Bonchev–Trinajstić information content (AvgIpc) is 2.88. The molecule has 6 nitrogen and oxygen atoms in total.